The number of aryl methyl sites for hydroxylation is 2. The monoisotopic (exact) mass is 236 g/mol. The summed E-state index contributed by atoms with van der Waals surface area (Å²) in [6, 6.07) is 2.18. The van der Waals surface area contributed by atoms with E-state index in [0.717, 1.165) is 31.2 Å². The summed E-state index contributed by atoms with van der Waals surface area (Å²) in [6.45, 7) is 9.70. The van der Waals surface area contributed by atoms with Gasteiger partial charge in [-0.25, -0.2) is 0 Å². The zero-order valence-electron chi connectivity index (χ0n) is 11.2. The predicted molar refractivity (Wildman–Crippen MR) is 69.9 cm³/mol. The first-order chi connectivity index (χ1) is 8.19. The number of nitrogens with zero attached hydrogens (tertiary/aromatic N) is 3. The summed E-state index contributed by atoms with van der Waals surface area (Å²) in [5.74, 6) is 0.819. The van der Waals surface area contributed by atoms with Crippen LogP contribution >= 0.6 is 0 Å². The van der Waals surface area contributed by atoms with Gasteiger partial charge in [0, 0.05) is 19.6 Å². The second kappa shape index (κ2) is 5.65. The molecule has 17 heavy (non-hydrogen) atoms. The molecule has 0 amide bonds. The van der Waals surface area contributed by atoms with Crippen LogP contribution in [0.2, 0.25) is 0 Å². The lowest BCUT2D eigenvalue weighted by Crippen LogP contribution is -2.25. The van der Waals surface area contributed by atoms with Gasteiger partial charge in [-0.15, -0.1) is 0 Å². The highest BCUT2D eigenvalue weighted by atomic mass is 15.3. The minimum Gasteiger partial charge on any atom is -0.311 e. The first-order valence-electron chi connectivity index (χ1n) is 6.61. The molecular weight excluding hydrogens is 212 g/mol. The van der Waals surface area contributed by atoms with E-state index in [-0.39, 0.29) is 0 Å². The second-order valence-electron chi connectivity index (χ2n) is 5.14. The van der Waals surface area contributed by atoms with Crippen molar-refractivity contribution in [3.63, 3.8) is 0 Å². The fraction of sp³-hybridized carbons (Fsp3) is 0.769. The molecule has 0 aliphatic carbocycles. The first-order valence-corrected chi connectivity index (χ1v) is 6.61. The third kappa shape index (κ3) is 3.30. The Morgan fingerprint density at radius 1 is 1.53 bits per heavy atom. The molecule has 0 spiro atoms. The molecule has 0 aromatic carbocycles. The standard InChI is InChI=1S/C13H24N4/c1-4-17-13(7-11(2)15-17)9-14-8-12-5-6-16(3)10-12/h7,12,14H,4-6,8-10H2,1-3H3. The van der Waals surface area contributed by atoms with E-state index in [4.69, 9.17) is 0 Å². The highest BCUT2D eigenvalue weighted by Crippen LogP contribution is 2.13. The molecule has 1 fully saturated rings. The molecule has 1 saturated heterocycles. The van der Waals surface area contributed by atoms with Crippen LogP contribution in [0.15, 0.2) is 6.07 Å². The molecule has 1 aliphatic heterocycles. The van der Waals surface area contributed by atoms with Crippen LogP contribution in [-0.2, 0) is 13.1 Å². The smallest absolute Gasteiger partial charge is 0.0597 e. The third-order valence-corrected chi connectivity index (χ3v) is 3.51. The molecule has 1 unspecified atom stereocenters. The molecule has 1 aromatic heterocycles. The zero-order chi connectivity index (χ0) is 12.3. The molecule has 96 valence electrons. The van der Waals surface area contributed by atoms with Crippen LogP contribution in [0.4, 0.5) is 0 Å². The molecule has 1 atom stereocenters. The van der Waals surface area contributed by atoms with Crippen molar-refractivity contribution in [3.8, 4) is 0 Å². The van der Waals surface area contributed by atoms with Crippen LogP contribution in [0.25, 0.3) is 0 Å². The van der Waals surface area contributed by atoms with Gasteiger partial charge in [0.25, 0.3) is 0 Å². The Bertz CT molecular complexity index is 358. The average molecular weight is 236 g/mol. The second-order valence-corrected chi connectivity index (χ2v) is 5.14. The van der Waals surface area contributed by atoms with E-state index in [0.29, 0.717) is 0 Å². The summed E-state index contributed by atoms with van der Waals surface area (Å²) >= 11 is 0. The minimum absolute atomic E-state index is 0.819. The largest absolute Gasteiger partial charge is 0.311 e. The van der Waals surface area contributed by atoms with Gasteiger partial charge >= 0.3 is 0 Å². The summed E-state index contributed by atoms with van der Waals surface area (Å²) in [5, 5.41) is 8.02. The van der Waals surface area contributed by atoms with Gasteiger partial charge in [0.05, 0.1) is 11.4 Å². The maximum atomic E-state index is 4.46. The van der Waals surface area contributed by atoms with Crippen LogP contribution in [-0.4, -0.2) is 41.4 Å². The normalized spacial score (nSPS) is 21.2. The van der Waals surface area contributed by atoms with Crippen LogP contribution in [0.1, 0.15) is 24.7 Å². The molecule has 0 bridgehead atoms. The van der Waals surface area contributed by atoms with Crippen molar-refractivity contribution in [2.75, 3.05) is 26.7 Å². The van der Waals surface area contributed by atoms with Gasteiger partial charge in [-0.3, -0.25) is 4.68 Å². The number of nitrogens with one attached hydrogen (secondary N) is 1. The Hall–Kier alpha value is -0.870. The number of hydrogen-bond donors (Lipinski definition) is 1. The maximum absolute atomic E-state index is 4.46. The third-order valence-electron chi connectivity index (χ3n) is 3.51. The van der Waals surface area contributed by atoms with E-state index in [1.54, 1.807) is 0 Å². The van der Waals surface area contributed by atoms with Crippen molar-refractivity contribution in [2.45, 2.75) is 33.4 Å². The van der Waals surface area contributed by atoms with Gasteiger partial charge in [0.1, 0.15) is 0 Å². The van der Waals surface area contributed by atoms with Crippen molar-refractivity contribution in [1.29, 1.82) is 0 Å². The Morgan fingerprint density at radius 2 is 2.35 bits per heavy atom. The highest BCUT2D eigenvalue weighted by molar-refractivity contribution is 5.08. The Morgan fingerprint density at radius 3 is 3.00 bits per heavy atom. The SMILES string of the molecule is CCn1nc(C)cc1CNCC1CCN(C)C1. The van der Waals surface area contributed by atoms with E-state index in [1.807, 2.05) is 0 Å². The Kier molecular flexibility index (Phi) is 4.18. The van der Waals surface area contributed by atoms with Crippen LogP contribution < -0.4 is 5.32 Å². The number of rotatable bonds is 5. The van der Waals surface area contributed by atoms with E-state index in [9.17, 15) is 0 Å². The summed E-state index contributed by atoms with van der Waals surface area (Å²) < 4.78 is 2.09. The fourth-order valence-electron chi connectivity index (χ4n) is 2.61. The number of likely N-dealkylation sites (tertiary alicyclic amines) is 1. The van der Waals surface area contributed by atoms with E-state index >= 15 is 0 Å². The fourth-order valence-corrected chi connectivity index (χ4v) is 2.61. The Balaban J connectivity index is 1.77. The number of hydrogen-bond acceptors (Lipinski definition) is 3. The van der Waals surface area contributed by atoms with Gasteiger partial charge in [-0.2, -0.15) is 5.10 Å². The van der Waals surface area contributed by atoms with Gasteiger partial charge in [0.2, 0.25) is 0 Å². The summed E-state index contributed by atoms with van der Waals surface area (Å²) in [4.78, 5) is 2.41. The highest BCUT2D eigenvalue weighted by Gasteiger charge is 2.18. The zero-order valence-corrected chi connectivity index (χ0v) is 11.2. The van der Waals surface area contributed by atoms with E-state index < -0.39 is 0 Å². The molecule has 1 aliphatic rings. The average Bonchev–Trinajstić information content (AvgIpc) is 2.85. The van der Waals surface area contributed by atoms with Crippen molar-refractivity contribution >= 4 is 0 Å². The van der Waals surface area contributed by atoms with Gasteiger partial charge in [0.15, 0.2) is 0 Å². The van der Waals surface area contributed by atoms with Crippen molar-refractivity contribution in [2.24, 2.45) is 5.92 Å². The lowest BCUT2D eigenvalue weighted by Gasteiger charge is -2.12. The topological polar surface area (TPSA) is 33.1 Å². The van der Waals surface area contributed by atoms with Crippen molar-refractivity contribution in [1.82, 2.24) is 20.0 Å². The van der Waals surface area contributed by atoms with Gasteiger partial charge in [-0.05, 0) is 52.4 Å². The predicted octanol–water partition coefficient (Wildman–Crippen LogP) is 1.25. The van der Waals surface area contributed by atoms with Crippen LogP contribution in [0, 0.1) is 12.8 Å². The molecule has 1 aromatic rings. The molecule has 0 radical (unpaired) electrons. The van der Waals surface area contributed by atoms with E-state index in [2.05, 4.69) is 47.0 Å². The Labute approximate surface area is 104 Å². The summed E-state index contributed by atoms with van der Waals surface area (Å²) in [7, 11) is 2.20. The molecule has 1 N–H and O–H groups in total. The van der Waals surface area contributed by atoms with Crippen molar-refractivity contribution in [3.05, 3.63) is 17.5 Å². The van der Waals surface area contributed by atoms with Crippen molar-refractivity contribution < 1.29 is 0 Å². The molecule has 4 nitrogen and oxygen atoms in total. The summed E-state index contributed by atoms with van der Waals surface area (Å²) in [5.41, 5.74) is 2.42. The molecule has 2 rings (SSSR count). The summed E-state index contributed by atoms with van der Waals surface area (Å²) in [6.07, 6.45) is 1.33. The molecular formula is C13H24N4. The van der Waals surface area contributed by atoms with E-state index in [1.165, 1.54) is 25.2 Å². The lowest BCUT2D eigenvalue weighted by atomic mass is 10.1. The number of aromatic nitrogens is 2. The molecule has 2 heterocycles. The van der Waals surface area contributed by atoms with Gasteiger partial charge in [-0.1, -0.05) is 0 Å². The molecule has 0 saturated carbocycles. The minimum atomic E-state index is 0.819. The first kappa shape index (κ1) is 12.6. The molecule has 4 heteroatoms. The van der Waals surface area contributed by atoms with Crippen LogP contribution in [0.3, 0.4) is 0 Å². The maximum Gasteiger partial charge on any atom is 0.0597 e. The quantitative estimate of drug-likeness (QED) is 0.835. The van der Waals surface area contributed by atoms with Crippen LogP contribution in [0.5, 0.6) is 0 Å². The lowest BCUT2D eigenvalue weighted by molar-refractivity contribution is 0.387. The van der Waals surface area contributed by atoms with Gasteiger partial charge < -0.3 is 10.2 Å².